The van der Waals surface area contributed by atoms with Gasteiger partial charge in [0, 0.05) is 45.3 Å². The number of hydrogen-bond donors (Lipinski definition) is 0. The fraction of sp³-hybridized carbons (Fsp3) is 0.239. The van der Waals surface area contributed by atoms with Gasteiger partial charge in [-0.15, -0.1) is 0 Å². The molecule has 1 aromatic heterocycles. The number of nitrogens with zero attached hydrogens (tertiary/aromatic N) is 2. The molecule has 0 saturated heterocycles. The Bertz CT molecular complexity index is 3930. The average molecular weight is 1010 g/mol. The standard InChI is InChI=1S/C71H67BN2O3/c1-42-31-61-67-62(32-42)74(68-43(2)33-53(34-44(68)3)71(10,11)12)60-41-66-65(75-29-30-76-66)40-58(60)72(67)57-28-22-47(48-21-27-56-55-15-13-14-16-63(55)77-64(56)39-48)38-59(57)73(61)54-36-49(45-17-23-51(24-18-45)69(4,5)6)35-50(37-54)46-19-25-52(26-20-46)70(7,8)9/h13-28,31-41H,29-30H2,1-12H3. The predicted molar refractivity (Wildman–Crippen MR) is 325 cm³/mol. The van der Waals surface area contributed by atoms with Gasteiger partial charge in [0.2, 0.25) is 0 Å². The molecule has 0 unspecified atom stereocenters. The van der Waals surface area contributed by atoms with Crippen LogP contribution in [0.2, 0.25) is 0 Å². The third-order valence-electron chi connectivity index (χ3n) is 16.5. The lowest BCUT2D eigenvalue weighted by Crippen LogP contribution is -2.61. The van der Waals surface area contributed by atoms with Crippen molar-refractivity contribution in [2.45, 2.75) is 99.3 Å². The van der Waals surface area contributed by atoms with E-state index in [1.807, 2.05) is 6.07 Å². The van der Waals surface area contributed by atoms with Crippen LogP contribution in [0.15, 0.2) is 168 Å². The average Bonchev–Trinajstić information content (AvgIpc) is 3.99. The summed E-state index contributed by atoms with van der Waals surface area (Å²) in [4.78, 5) is 5.12. The Kier molecular flexibility index (Phi) is 11.1. The Morgan fingerprint density at radius 2 is 0.922 bits per heavy atom. The molecule has 0 N–H and O–H groups in total. The van der Waals surface area contributed by atoms with Crippen LogP contribution in [0.5, 0.6) is 11.5 Å². The molecule has 3 aliphatic heterocycles. The molecule has 0 spiro atoms. The number of rotatable bonds is 5. The van der Waals surface area contributed by atoms with Crippen LogP contribution < -0.4 is 35.7 Å². The number of fused-ring (bicyclic) bond motifs is 8. The third-order valence-corrected chi connectivity index (χ3v) is 16.5. The van der Waals surface area contributed by atoms with E-state index in [9.17, 15) is 0 Å². The van der Waals surface area contributed by atoms with Crippen molar-refractivity contribution in [2.75, 3.05) is 23.0 Å². The van der Waals surface area contributed by atoms with E-state index in [0.717, 1.165) is 78.4 Å². The first kappa shape index (κ1) is 48.7. The van der Waals surface area contributed by atoms with E-state index in [0.29, 0.717) is 13.2 Å². The lowest BCUT2D eigenvalue weighted by Gasteiger charge is -2.45. The minimum atomic E-state index is -0.132. The van der Waals surface area contributed by atoms with Crippen LogP contribution in [0, 0.1) is 20.8 Å². The maximum Gasteiger partial charge on any atom is 0.252 e. The lowest BCUT2D eigenvalue weighted by molar-refractivity contribution is 0.172. The number of ether oxygens (including phenoxy) is 2. The summed E-state index contributed by atoms with van der Waals surface area (Å²) in [5.41, 5.74) is 26.8. The van der Waals surface area contributed by atoms with Gasteiger partial charge in [0.1, 0.15) is 24.4 Å². The quantitative estimate of drug-likeness (QED) is 0.161. The largest absolute Gasteiger partial charge is 0.486 e. The van der Waals surface area contributed by atoms with Gasteiger partial charge < -0.3 is 23.7 Å². The van der Waals surface area contributed by atoms with Crippen LogP contribution in [-0.2, 0) is 16.2 Å². The number of hydrogen-bond acceptors (Lipinski definition) is 5. The first-order chi connectivity index (χ1) is 36.8. The van der Waals surface area contributed by atoms with E-state index in [1.165, 1.54) is 72.3 Å². The van der Waals surface area contributed by atoms with E-state index < -0.39 is 0 Å². The summed E-state index contributed by atoms with van der Waals surface area (Å²) in [6, 6.07) is 62.0. The molecule has 13 rings (SSSR count). The molecule has 0 aliphatic carbocycles. The Labute approximate surface area is 455 Å². The molecular formula is C71H67BN2O3. The van der Waals surface area contributed by atoms with Gasteiger partial charge in [-0.05, 0) is 181 Å². The highest BCUT2D eigenvalue weighted by Gasteiger charge is 2.45. The predicted octanol–water partition coefficient (Wildman–Crippen LogP) is 17.3. The summed E-state index contributed by atoms with van der Waals surface area (Å²) in [6.07, 6.45) is 0. The Morgan fingerprint density at radius 3 is 1.53 bits per heavy atom. The Balaban J connectivity index is 1.10. The monoisotopic (exact) mass is 1010 g/mol. The zero-order valence-corrected chi connectivity index (χ0v) is 46.7. The SMILES string of the molecule is Cc1cc2c3c(c1)N(c1c(C)cc(C(C)(C)C)cc1C)c1cc4c(cc1B3c1ccc(-c3ccc5c(c3)oc3ccccc35)cc1N2c1cc(-c2ccc(C(C)(C)C)cc2)cc(-c2ccc(C(C)(C)C)cc2)c1)OCCO4. The maximum atomic E-state index is 6.53. The molecule has 9 aromatic carbocycles. The van der Waals surface area contributed by atoms with E-state index in [1.54, 1.807) is 0 Å². The van der Waals surface area contributed by atoms with Crippen molar-refractivity contribution in [2.24, 2.45) is 0 Å². The first-order valence-electron chi connectivity index (χ1n) is 27.5. The van der Waals surface area contributed by atoms with Crippen LogP contribution in [0.25, 0.3) is 55.3 Å². The number of benzene rings is 9. The molecule has 6 heteroatoms. The maximum absolute atomic E-state index is 6.53. The van der Waals surface area contributed by atoms with Crippen molar-refractivity contribution >= 4 is 79.2 Å². The highest BCUT2D eigenvalue weighted by Crippen LogP contribution is 2.50. The molecule has 0 radical (unpaired) electrons. The second kappa shape index (κ2) is 17.5. The summed E-state index contributed by atoms with van der Waals surface area (Å²) >= 11 is 0. The van der Waals surface area contributed by atoms with E-state index in [2.05, 4.69) is 251 Å². The van der Waals surface area contributed by atoms with Crippen LogP contribution in [0.1, 0.15) is 95.7 Å². The highest BCUT2D eigenvalue weighted by atomic mass is 16.6. The normalized spacial score (nSPS) is 14.0. The van der Waals surface area contributed by atoms with Gasteiger partial charge in [-0.2, -0.15) is 0 Å². The van der Waals surface area contributed by atoms with Gasteiger partial charge in [-0.25, -0.2) is 0 Å². The van der Waals surface area contributed by atoms with Crippen LogP contribution >= 0.6 is 0 Å². The van der Waals surface area contributed by atoms with Gasteiger partial charge in [-0.3, -0.25) is 0 Å². The molecule has 0 amide bonds. The molecule has 77 heavy (non-hydrogen) atoms. The first-order valence-corrected chi connectivity index (χ1v) is 27.5. The fourth-order valence-electron chi connectivity index (χ4n) is 12.4. The zero-order valence-electron chi connectivity index (χ0n) is 46.7. The van der Waals surface area contributed by atoms with Crippen molar-refractivity contribution in [3.8, 4) is 44.9 Å². The second-order valence-electron chi connectivity index (χ2n) is 25.1. The zero-order chi connectivity index (χ0) is 53.4. The van der Waals surface area contributed by atoms with Crippen LogP contribution in [0.4, 0.5) is 34.1 Å². The van der Waals surface area contributed by atoms with Gasteiger partial charge in [0.25, 0.3) is 6.71 Å². The number of anilines is 6. The van der Waals surface area contributed by atoms with Gasteiger partial charge in [0.15, 0.2) is 11.5 Å². The van der Waals surface area contributed by atoms with Crippen molar-refractivity contribution < 1.29 is 13.9 Å². The van der Waals surface area contributed by atoms with Gasteiger partial charge in [-0.1, -0.05) is 159 Å². The minimum absolute atomic E-state index is 0.0107. The topological polar surface area (TPSA) is 38.1 Å². The smallest absolute Gasteiger partial charge is 0.252 e. The lowest BCUT2D eigenvalue weighted by atomic mass is 9.33. The molecule has 0 bridgehead atoms. The molecular weight excluding hydrogens is 940 g/mol. The van der Waals surface area contributed by atoms with Crippen LogP contribution in [0.3, 0.4) is 0 Å². The molecule has 0 atom stereocenters. The third kappa shape index (κ3) is 8.22. The Hall–Kier alpha value is -7.96. The van der Waals surface area contributed by atoms with Gasteiger partial charge >= 0.3 is 0 Å². The van der Waals surface area contributed by atoms with E-state index >= 15 is 0 Å². The summed E-state index contributed by atoms with van der Waals surface area (Å²) in [7, 11) is 0. The summed E-state index contributed by atoms with van der Waals surface area (Å²) < 4.78 is 19.5. The molecule has 0 saturated carbocycles. The van der Waals surface area contributed by atoms with Crippen molar-refractivity contribution in [3.05, 3.63) is 197 Å². The molecule has 5 nitrogen and oxygen atoms in total. The molecule has 0 fully saturated rings. The Morgan fingerprint density at radius 1 is 0.403 bits per heavy atom. The van der Waals surface area contributed by atoms with E-state index in [4.69, 9.17) is 13.9 Å². The van der Waals surface area contributed by atoms with Crippen molar-refractivity contribution in [3.63, 3.8) is 0 Å². The fourth-order valence-corrected chi connectivity index (χ4v) is 12.4. The molecule has 10 aromatic rings. The van der Waals surface area contributed by atoms with E-state index in [-0.39, 0.29) is 23.0 Å². The van der Waals surface area contributed by atoms with Crippen molar-refractivity contribution in [1.29, 1.82) is 0 Å². The molecule has 4 heterocycles. The van der Waals surface area contributed by atoms with Crippen molar-refractivity contribution in [1.82, 2.24) is 0 Å². The van der Waals surface area contributed by atoms with Crippen LogP contribution in [-0.4, -0.2) is 19.9 Å². The summed E-state index contributed by atoms with van der Waals surface area (Å²) in [5.74, 6) is 1.57. The number of aryl methyl sites for hydroxylation is 3. The van der Waals surface area contributed by atoms with Gasteiger partial charge in [0.05, 0.1) is 5.69 Å². The number of furan rings is 1. The summed E-state index contributed by atoms with van der Waals surface area (Å²) in [5, 5.41) is 2.25. The second-order valence-corrected chi connectivity index (χ2v) is 25.1. The highest BCUT2D eigenvalue weighted by molar-refractivity contribution is 7.00. The molecule has 3 aliphatic rings. The molecule has 382 valence electrons. The minimum Gasteiger partial charge on any atom is -0.486 e. The summed E-state index contributed by atoms with van der Waals surface area (Å²) in [6.45, 7) is 28.3. The number of para-hydroxylation sites is 1.